The van der Waals surface area contributed by atoms with Crippen LogP contribution in [0.15, 0.2) is 37.4 Å². The van der Waals surface area contributed by atoms with Crippen LogP contribution in [0.25, 0.3) is 11.1 Å². The third-order valence-electron chi connectivity index (χ3n) is 4.52. The van der Waals surface area contributed by atoms with Gasteiger partial charge in [-0.25, -0.2) is 0 Å². The maximum absolute atomic E-state index is 5.51. The van der Waals surface area contributed by atoms with Crippen LogP contribution in [0.5, 0.6) is 23.0 Å². The van der Waals surface area contributed by atoms with Crippen LogP contribution in [0.2, 0.25) is 0 Å². The maximum atomic E-state index is 5.51. The minimum atomic E-state index is -0.879. The van der Waals surface area contributed by atoms with Gasteiger partial charge >= 0.3 is 0 Å². The zero-order valence-corrected chi connectivity index (χ0v) is 18.5. The molecule has 0 aliphatic heterocycles. The smallest absolute Gasteiger partial charge is 0.161 e. The molecule has 0 radical (unpaired) electrons. The minimum Gasteiger partial charge on any atom is -0.493 e. The highest BCUT2D eigenvalue weighted by molar-refractivity contribution is 6.69. The fourth-order valence-electron chi connectivity index (χ4n) is 3.13. The molecule has 5 heteroatoms. The molecule has 0 saturated carbocycles. The SMILES string of the molecule is C=C(C)c1cc(OC)c(OC)cc1[SiH2]c1cc(OC)c(OC)cc1C(=C)C. The Bertz CT molecular complexity index is 800. The topological polar surface area (TPSA) is 36.9 Å². The number of allylic oxidation sites excluding steroid dienone is 2. The summed E-state index contributed by atoms with van der Waals surface area (Å²) in [4.78, 5) is 0. The molecule has 0 spiro atoms. The van der Waals surface area contributed by atoms with E-state index in [0.29, 0.717) is 11.5 Å². The van der Waals surface area contributed by atoms with E-state index in [9.17, 15) is 0 Å². The zero-order valence-electron chi connectivity index (χ0n) is 17.1. The first-order valence-electron chi connectivity index (χ1n) is 8.67. The first-order chi connectivity index (χ1) is 12.9. The monoisotopic (exact) mass is 384 g/mol. The highest BCUT2D eigenvalue weighted by Crippen LogP contribution is 2.30. The Balaban J connectivity index is 2.65. The van der Waals surface area contributed by atoms with E-state index < -0.39 is 9.52 Å². The highest BCUT2D eigenvalue weighted by Gasteiger charge is 2.17. The Morgan fingerprint density at radius 3 is 1.19 bits per heavy atom. The van der Waals surface area contributed by atoms with Gasteiger partial charge in [0.1, 0.15) is 0 Å². The molecule has 0 aliphatic carbocycles. The van der Waals surface area contributed by atoms with Gasteiger partial charge in [-0.05, 0) is 49.2 Å². The summed E-state index contributed by atoms with van der Waals surface area (Å²) >= 11 is 0. The molecule has 0 atom stereocenters. The molecule has 0 saturated heterocycles. The summed E-state index contributed by atoms with van der Waals surface area (Å²) in [5.74, 6) is 2.87. The average Bonchev–Trinajstić information content (AvgIpc) is 2.66. The van der Waals surface area contributed by atoms with E-state index in [1.165, 1.54) is 10.4 Å². The van der Waals surface area contributed by atoms with Crippen molar-refractivity contribution in [2.24, 2.45) is 0 Å². The van der Waals surface area contributed by atoms with Gasteiger partial charge in [-0.15, -0.1) is 0 Å². The quantitative estimate of drug-likeness (QED) is 0.656. The van der Waals surface area contributed by atoms with Gasteiger partial charge < -0.3 is 18.9 Å². The van der Waals surface area contributed by atoms with Crippen LogP contribution in [-0.4, -0.2) is 38.0 Å². The van der Waals surface area contributed by atoms with Gasteiger partial charge in [-0.3, -0.25) is 0 Å². The summed E-state index contributed by atoms with van der Waals surface area (Å²) in [6.07, 6.45) is 0. The largest absolute Gasteiger partial charge is 0.493 e. The molecule has 144 valence electrons. The minimum absolute atomic E-state index is 0.709. The summed E-state index contributed by atoms with van der Waals surface area (Å²) in [6, 6.07) is 8.14. The zero-order chi connectivity index (χ0) is 20.1. The fraction of sp³-hybridized carbons (Fsp3) is 0.273. The molecule has 0 heterocycles. The summed E-state index contributed by atoms with van der Waals surface area (Å²) in [6.45, 7) is 12.3. The molecule has 0 fully saturated rings. The van der Waals surface area contributed by atoms with E-state index in [2.05, 4.69) is 25.3 Å². The lowest BCUT2D eigenvalue weighted by molar-refractivity contribution is 0.355. The molecular formula is C22H28O4Si. The van der Waals surface area contributed by atoms with Crippen molar-refractivity contribution in [3.63, 3.8) is 0 Å². The summed E-state index contributed by atoms with van der Waals surface area (Å²) in [7, 11) is 5.71. The van der Waals surface area contributed by atoms with Gasteiger partial charge in [0.25, 0.3) is 0 Å². The first kappa shape index (κ1) is 20.6. The molecule has 4 nitrogen and oxygen atoms in total. The standard InChI is InChI=1S/C22H28O4Si/c1-13(2)15-9-17(23-5)19(25-7)11-21(15)27-22-12-20(26-8)18(24-6)10-16(22)14(3)4/h9-12H,1,3,27H2,2,4-8H3. The Morgan fingerprint density at radius 1 is 0.630 bits per heavy atom. The third kappa shape index (κ3) is 4.36. The third-order valence-corrected chi connectivity index (χ3v) is 6.45. The summed E-state index contributed by atoms with van der Waals surface area (Å²) in [5.41, 5.74) is 4.19. The Labute approximate surface area is 164 Å². The molecule has 0 bridgehead atoms. The van der Waals surface area contributed by atoms with Crippen molar-refractivity contribution < 1.29 is 18.9 Å². The normalized spacial score (nSPS) is 10.3. The fourth-order valence-corrected chi connectivity index (χ4v) is 5.31. The molecule has 0 aliphatic rings. The number of ether oxygens (including phenoxy) is 4. The van der Waals surface area contributed by atoms with Crippen LogP contribution in [-0.2, 0) is 0 Å². The average molecular weight is 385 g/mol. The van der Waals surface area contributed by atoms with Crippen molar-refractivity contribution in [1.82, 2.24) is 0 Å². The van der Waals surface area contributed by atoms with Crippen LogP contribution < -0.4 is 29.3 Å². The molecule has 27 heavy (non-hydrogen) atoms. The highest BCUT2D eigenvalue weighted by atomic mass is 28.2. The Kier molecular flexibility index (Phi) is 6.74. The van der Waals surface area contributed by atoms with Crippen molar-refractivity contribution in [3.8, 4) is 23.0 Å². The number of rotatable bonds is 8. The molecular weight excluding hydrogens is 356 g/mol. The lowest BCUT2D eigenvalue weighted by atomic mass is 10.1. The van der Waals surface area contributed by atoms with Crippen molar-refractivity contribution in [3.05, 3.63) is 48.6 Å². The van der Waals surface area contributed by atoms with Crippen molar-refractivity contribution in [2.75, 3.05) is 28.4 Å². The second-order valence-corrected chi connectivity index (χ2v) is 8.34. The molecule has 0 amide bonds. The lowest BCUT2D eigenvalue weighted by Gasteiger charge is -2.18. The van der Waals surface area contributed by atoms with E-state index in [1.807, 2.05) is 26.0 Å². The van der Waals surface area contributed by atoms with E-state index >= 15 is 0 Å². The number of benzene rings is 2. The van der Waals surface area contributed by atoms with E-state index in [4.69, 9.17) is 18.9 Å². The summed E-state index contributed by atoms with van der Waals surface area (Å²) < 4.78 is 21.9. The van der Waals surface area contributed by atoms with Crippen LogP contribution in [0.1, 0.15) is 25.0 Å². The predicted octanol–water partition coefficient (Wildman–Crippen LogP) is 2.91. The predicted molar refractivity (Wildman–Crippen MR) is 116 cm³/mol. The van der Waals surface area contributed by atoms with Gasteiger partial charge in [0.2, 0.25) is 0 Å². The van der Waals surface area contributed by atoms with Crippen LogP contribution in [0, 0.1) is 0 Å². The summed E-state index contributed by atoms with van der Waals surface area (Å²) in [5, 5.41) is 2.46. The van der Waals surface area contributed by atoms with Crippen LogP contribution in [0.3, 0.4) is 0 Å². The second-order valence-electron chi connectivity index (χ2n) is 6.47. The van der Waals surface area contributed by atoms with E-state index in [1.54, 1.807) is 28.4 Å². The molecule has 2 rings (SSSR count). The Hall–Kier alpha value is -2.66. The van der Waals surface area contributed by atoms with E-state index in [-0.39, 0.29) is 0 Å². The molecule has 2 aromatic rings. The number of hydrogen-bond acceptors (Lipinski definition) is 4. The number of methoxy groups -OCH3 is 4. The van der Waals surface area contributed by atoms with Crippen LogP contribution in [0.4, 0.5) is 0 Å². The molecule has 0 aromatic heterocycles. The van der Waals surface area contributed by atoms with Crippen molar-refractivity contribution in [1.29, 1.82) is 0 Å². The second kappa shape index (κ2) is 8.82. The Morgan fingerprint density at radius 2 is 0.926 bits per heavy atom. The first-order valence-corrected chi connectivity index (χ1v) is 10.1. The lowest BCUT2D eigenvalue weighted by Crippen LogP contribution is -2.32. The molecule has 0 N–H and O–H groups in total. The maximum Gasteiger partial charge on any atom is 0.161 e. The van der Waals surface area contributed by atoms with Crippen molar-refractivity contribution in [2.45, 2.75) is 13.8 Å². The van der Waals surface area contributed by atoms with Gasteiger partial charge in [-0.1, -0.05) is 34.7 Å². The van der Waals surface area contributed by atoms with Gasteiger partial charge in [0, 0.05) is 0 Å². The van der Waals surface area contributed by atoms with Crippen molar-refractivity contribution >= 4 is 31.0 Å². The van der Waals surface area contributed by atoms with E-state index in [0.717, 1.165) is 33.8 Å². The van der Waals surface area contributed by atoms with Gasteiger partial charge in [0.15, 0.2) is 23.0 Å². The number of hydrogen-bond donors (Lipinski definition) is 0. The van der Waals surface area contributed by atoms with Gasteiger partial charge in [0.05, 0.1) is 38.0 Å². The van der Waals surface area contributed by atoms with Crippen LogP contribution >= 0.6 is 0 Å². The molecule has 2 aromatic carbocycles. The van der Waals surface area contributed by atoms with Gasteiger partial charge in [-0.2, -0.15) is 0 Å². The molecule has 0 unspecified atom stereocenters.